The smallest absolute Gasteiger partial charge is 0.270 e. The molecule has 0 bridgehead atoms. The Hall–Kier alpha value is -4.21. The quantitative estimate of drug-likeness (QED) is 0.360. The highest BCUT2D eigenvalue weighted by atomic mass is 19.1. The summed E-state index contributed by atoms with van der Waals surface area (Å²) in [5.41, 5.74) is 6.12. The maximum Gasteiger partial charge on any atom is 0.270 e. The molecule has 40 heavy (non-hydrogen) atoms. The van der Waals surface area contributed by atoms with E-state index in [0.717, 1.165) is 48.9 Å². The number of hydrogen-bond donors (Lipinski definition) is 2. The van der Waals surface area contributed by atoms with Crippen LogP contribution < -0.4 is 5.32 Å². The molecular formula is C30H32FN7O2. The first kappa shape index (κ1) is 24.8. The number of amides is 2. The maximum absolute atomic E-state index is 15.5. The number of pyridine rings is 1. The number of nitrogens with zero attached hydrogens (tertiary/aromatic N) is 5. The summed E-state index contributed by atoms with van der Waals surface area (Å²) in [6.07, 6.45) is 5.34. The molecule has 1 atom stereocenters. The Morgan fingerprint density at radius 2 is 2.05 bits per heavy atom. The lowest BCUT2D eigenvalue weighted by molar-refractivity contribution is -0.117. The molecule has 9 nitrogen and oxygen atoms in total. The van der Waals surface area contributed by atoms with Crippen molar-refractivity contribution in [1.29, 1.82) is 0 Å². The zero-order valence-corrected chi connectivity index (χ0v) is 22.7. The fourth-order valence-corrected chi connectivity index (χ4v) is 6.65. The van der Waals surface area contributed by atoms with Gasteiger partial charge in [0.05, 0.1) is 5.39 Å². The van der Waals surface area contributed by atoms with Crippen LogP contribution >= 0.6 is 0 Å². The first-order valence-corrected chi connectivity index (χ1v) is 13.9. The molecule has 0 spiro atoms. The lowest BCUT2D eigenvalue weighted by Crippen LogP contribution is -2.40. The van der Waals surface area contributed by atoms with Crippen LogP contribution in [0.1, 0.15) is 47.6 Å². The molecule has 2 N–H and O–H groups in total. The van der Waals surface area contributed by atoms with E-state index in [-0.39, 0.29) is 29.7 Å². The molecule has 0 unspecified atom stereocenters. The fourth-order valence-electron chi connectivity index (χ4n) is 6.65. The Kier molecular flexibility index (Phi) is 5.69. The molecule has 0 radical (unpaired) electrons. The summed E-state index contributed by atoms with van der Waals surface area (Å²) in [7, 11) is 0. The average molecular weight is 542 g/mol. The minimum Gasteiger partial charge on any atom is -0.363 e. The molecule has 1 fully saturated rings. The molecular weight excluding hydrogens is 509 g/mol. The average Bonchev–Trinajstić information content (AvgIpc) is 3.70. The topological polar surface area (TPSA) is 99.2 Å². The van der Waals surface area contributed by atoms with Gasteiger partial charge in [-0.1, -0.05) is 26.0 Å². The van der Waals surface area contributed by atoms with Crippen molar-refractivity contribution in [2.45, 2.75) is 52.2 Å². The van der Waals surface area contributed by atoms with Crippen LogP contribution in [-0.4, -0.2) is 67.5 Å². The predicted molar refractivity (Wildman–Crippen MR) is 149 cm³/mol. The summed E-state index contributed by atoms with van der Waals surface area (Å²) in [5, 5.41) is 11.6. The number of carbonyl (C=O) groups excluding carboxylic acids is 2. The van der Waals surface area contributed by atoms with Gasteiger partial charge in [0.2, 0.25) is 6.41 Å². The number of anilines is 1. The van der Waals surface area contributed by atoms with E-state index in [1.807, 2.05) is 18.2 Å². The van der Waals surface area contributed by atoms with Crippen LogP contribution in [0.15, 0.2) is 36.5 Å². The van der Waals surface area contributed by atoms with Crippen LogP contribution in [0.5, 0.6) is 0 Å². The first-order chi connectivity index (χ1) is 19.3. The summed E-state index contributed by atoms with van der Waals surface area (Å²) in [6.45, 7) is 7.37. The van der Waals surface area contributed by atoms with Gasteiger partial charge in [-0.25, -0.2) is 9.37 Å². The molecule has 5 heterocycles. The van der Waals surface area contributed by atoms with Crippen LogP contribution in [0, 0.1) is 11.2 Å². The van der Waals surface area contributed by atoms with E-state index in [1.165, 1.54) is 17.3 Å². The van der Waals surface area contributed by atoms with E-state index in [9.17, 15) is 9.59 Å². The Morgan fingerprint density at radius 1 is 1.18 bits per heavy atom. The number of rotatable bonds is 6. The number of carbonyl (C=O) groups is 2. The highest BCUT2D eigenvalue weighted by molar-refractivity contribution is 6.00. The highest BCUT2D eigenvalue weighted by Crippen LogP contribution is 2.39. The van der Waals surface area contributed by atoms with Gasteiger partial charge in [0, 0.05) is 56.2 Å². The van der Waals surface area contributed by atoms with Gasteiger partial charge in [0.25, 0.3) is 5.91 Å². The van der Waals surface area contributed by atoms with Gasteiger partial charge in [-0.2, -0.15) is 5.10 Å². The second-order valence-corrected chi connectivity index (χ2v) is 12.1. The maximum atomic E-state index is 15.5. The Bertz CT molecular complexity index is 1660. The Balaban J connectivity index is 1.12. The largest absolute Gasteiger partial charge is 0.363 e. The highest BCUT2D eigenvalue weighted by Gasteiger charge is 2.36. The molecule has 2 amide bonds. The van der Waals surface area contributed by atoms with E-state index in [2.05, 4.69) is 38.9 Å². The lowest BCUT2D eigenvalue weighted by atomic mass is 9.90. The summed E-state index contributed by atoms with van der Waals surface area (Å²) in [5.74, 6) is 0.250. The van der Waals surface area contributed by atoms with Crippen LogP contribution in [0.3, 0.4) is 0 Å². The van der Waals surface area contributed by atoms with Crippen molar-refractivity contribution in [2.24, 2.45) is 5.41 Å². The molecule has 2 aliphatic heterocycles. The zero-order chi connectivity index (χ0) is 27.6. The van der Waals surface area contributed by atoms with Crippen LogP contribution in [-0.2, 0) is 30.7 Å². The molecule has 7 rings (SSSR count). The lowest BCUT2D eigenvalue weighted by Gasteiger charge is -2.30. The number of halogens is 1. The van der Waals surface area contributed by atoms with Crippen molar-refractivity contribution in [2.75, 3.05) is 25.0 Å². The Labute approximate surface area is 231 Å². The van der Waals surface area contributed by atoms with Crippen molar-refractivity contribution in [3.63, 3.8) is 0 Å². The molecule has 3 aliphatic rings. The number of fused-ring (bicyclic) bond motifs is 4. The number of hydrogen-bond acceptors (Lipinski definition) is 5. The third kappa shape index (κ3) is 4.13. The van der Waals surface area contributed by atoms with Crippen molar-refractivity contribution < 1.29 is 14.0 Å². The minimum atomic E-state index is -0.351. The van der Waals surface area contributed by atoms with E-state index >= 15 is 4.39 Å². The second-order valence-electron chi connectivity index (χ2n) is 12.1. The van der Waals surface area contributed by atoms with Gasteiger partial charge in [-0.15, -0.1) is 0 Å². The predicted octanol–water partition coefficient (Wildman–Crippen LogP) is 3.99. The SMILES string of the molecule is CC1(C)Cc2cc3n(c2C1)CCN(Cc1ccc(-c2ccnc4[nH]nc(N[C@@H]5CCN(C=O)C5)c24)cc1F)C3=O. The Morgan fingerprint density at radius 3 is 2.85 bits per heavy atom. The zero-order valence-electron chi connectivity index (χ0n) is 22.7. The van der Waals surface area contributed by atoms with Crippen LogP contribution in [0.4, 0.5) is 10.2 Å². The van der Waals surface area contributed by atoms with Crippen molar-refractivity contribution in [1.82, 2.24) is 29.5 Å². The van der Waals surface area contributed by atoms with Crippen molar-refractivity contribution >= 4 is 29.2 Å². The first-order valence-electron chi connectivity index (χ1n) is 13.9. The molecule has 1 aliphatic carbocycles. The molecule has 1 saturated heterocycles. The van der Waals surface area contributed by atoms with Crippen molar-refractivity contribution in [3.05, 3.63) is 64.9 Å². The van der Waals surface area contributed by atoms with E-state index in [1.54, 1.807) is 22.1 Å². The molecule has 206 valence electrons. The third-order valence-electron chi connectivity index (χ3n) is 8.61. The van der Waals surface area contributed by atoms with Gasteiger partial charge in [-0.05, 0) is 59.6 Å². The standard InChI is InChI=1S/C30H32FN7O2/c1-30(2)13-20-12-24-29(40)37(9-10-38(24)25(20)14-30)15-19-4-3-18(11-23(19)31)22-5-7-32-27-26(22)28(35-34-27)33-21-6-8-36(16-21)17-39/h3-5,7,11-12,17,21H,6,8-10,13-16H2,1-2H3,(H2,32,33,34,35)/t21-/m1/s1. The number of aromatic nitrogens is 4. The van der Waals surface area contributed by atoms with Gasteiger partial charge >= 0.3 is 0 Å². The van der Waals surface area contributed by atoms with Gasteiger partial charge in [0.15, 0.2) is 11.5 Å². The third-order valence-corrected chi connectivity index (χ3v) is 8.61. The van der Waals surface area contributed by atoms with Gasteiger partial charge < -0.3 is 19.7 Å². The van der Waals surface area contributed by atoms with Gasteiger partial charge in [0.1, 0.15) is 11.5 Å². The minimum absolute atomic E-state index is 0.0352. The number of aromatic amines is 1. The fraction of sp³-hybridized carbons (Fsp3) is 0.400. The summed E-state index contributed by atoms with van der Waals surface area (Å²) >= 11 is 0. The van der Waals surface area contributed by atoms with E-state index in [4.69, 9.17) is 0 Å². The summed E-state index contributed by atoms with van der Waals surface area (Å²) < 4.78 is 17.7. The monoisotopic (exact) mass is 541 g/mol. The number of nitrogens with one attached hydrogen (secondary N) is 2. The van der Waals surface area contributed by atoms with E-state index < -0.39 is 0 Å². The van der Waals surface area contributed by atoms with Crippen molar-refractivity contribution in [3.8, 4) is 11.1 Å². The molecule has 10 heteroatoms. The number of H-pyrrole nitrogens is 1. The molecule has 4 aromatic rings. The molecule has 0 saturated carbocycles. The number of benzene rings is 1. The summed E-state index contributed by atoms with van der Waals surface area (Å²) in [6, 6.07) is 9.17. The second kappa shape index (κ2) is 9.18. The number of likely N-dealkylation sites (tertiary alicyclic amines) is 1. The molecule has 1 aromatic carbocycles. The van der Waals surface area contributed by atoms with E-state index in [0.29, 0.717) is 42.2 Å². The summed E-state index contributed by atoms with van der Waals surface area (Å²) in [4.78, 5) is 32.4. The van der Waals surface area contributed by atoms with Gasteiger partial charge in [-0.3, -0.25) is 14.7 Å². The van der Waals surface area contributed by atoms with Crippen LogP contribution in [0.2, 0.25) is 0 Å². The normalized spacial score (nSPS) is 19.8. The molecule has 3 aromatic heterocycles. The van der Waals surface area contributed by atoms with Crippen LogP contribution in [0.25, 0.3) is 22.2 Å².